The molecule has 0 aromatic carbocycles. The van der Waals surface area contributed by atoms with Crippen LogP contribution >= 0.6 is 0 Å². The molecule has 1 heterocycles. The molecule has 0 radical (unpaired) electrons. The Morgan fingerprint density at radius 2 is 2.05 bits per heavy atom. The summed E-state index contributed by atoms with van der Waals surface area (Å²) in [5.41, 5.74) is -0.480. The molecule has 0 aliphatic heterocycles. The van der Waals surface area contributed by atoms with E-state index in [-0.39, 0.29) is 12.2 Å². The predicted molar refractivity (Wildman–Crippen MR) is 68.3 cm³/mol. The minimum atomic E-state index is -1.05. The number of nitro groups is 1. The van der Waals surface area contributed by atoms with Crippen molar-refractivity contribution in [1.82, 2.24) is 5.32 Å². The Hall–Kier alpha value is -2.38. The molecule has 1 amide bonds. The maximum atomic E-state index is 11.9. The molecule has 0 saturated heterocycles. The molecule has 1 aromatic heterocycles. The van der Waals surface area contributed by atoms with Gasteiger partial charge in [-0.15, -0.1) is 0 Å². The molecular formula is C12H16N2O6. The number of carbonyl (C=O) groups excluding carboxylic acids is 1. The molecule has 0 spiro atoms. The van der Waals surface area contributed by atoms with Gasteiger partial charge >= 0.3 is 11.9 Å². The van der Waals surface area contributed by atoms with Crippen LogP contribution in [0.15, 0.2) is 16.5 Å². The highest BCUT2D eigenvalue weighted by Gasteiger charge is 2.30. The Labute approximate surface area is 114 Å². The third-order valence-electron chi connectivity index (χ3n) is 2.73. The summed E-state index contributed by atoms with van der Waals surface area (Å²) in [4.78, 5) is 32.4. The van der Waals surface area contributed by atoms with Crippen molar-refractivity contribution in [2.75, 3.05) is 0 Å². The van der Waals surface area contributed by atoms with Gasteiger partial charge in [-0.2, -0.15) is 0 Å². The summed E-state index contributed by atoms with van der Waals surface area (Å²) in [5.74, 6) is -2.49. The van der Waals surface area contributed by atoms with Gasteiger partial charge in [0.15, 0.2) is 5.76 Å². The standard InChI is InChI=1S/C12H16N2O6/c1-12(2,3)8(6-10(15)16)13-11(17)7-4-5-9(20-7)14(18)19/h4-5,8H,6H2,1-3H3,(H,13,17)(H,15,16). The fraction of sp³-hybridized carbons (Fsp3) is 0.500. The fourth-order valence-corrected chi connectivity index (χ4v) is 1.53. The molecule has 1 unspecified atom stereocenters. The topological polar surface area (TPSA) is 123 Å². The van der Waals surface area contributed by atoms with Gasteiger partial charge in [-0.25, -0.2) is 0 Å². The van der Waals surface area contributed by atoms with E-state index in [2.05, 4.69) is 5.32 Å². The van der Waals surface area contributed by atoms with Crippen LogP contribution in [0.2, 0.25) is 0 Å². The molecular weight excluding hydrogens is 268 g/mol. The van der Waals surface area contributed by atoms with Gasteiger partial charge in [0.05, 0.1) is 12.5 Å². The van der Waals surface area contributed by atoms with Crippen LogP contribution in [-0.4, -0.2) is 27.9 Å². The first kappa shape index (κ1) is 15.7. The molecule has 1 aromatic rings. The molecule has 20 heavy (non-hydrogen) atoms. The molecule has 2 N–H and O–H groups in total. The zero-order chi connectivity index (χ0) is 15.5. The SMILES string of the molecule is CC(C)(C)C(CC(=O)O)NC(=O)c1ccc([N+](=O)[O-])o1. The molecule has 1 rings (SSSR count). The van der Waals surface area contributed by atoms with Crippen molar-refractivity contribution in [3.05, 3.63) is 28.0 Å². The number of hydrogen-bond donors (Lipinski definition) is 2. The predicted octanol–water partition coefficient (Wildman–Crippen LogP) is 1.81. The minimum absolute atomic E-state index is 0.226. The van der Waals surface area contributed by atoms with Crippen molar-refractivity contribution in [3.63, 3.8) is 0 Å². The highest BCUT2D eigenvalue weighted by atomic mass is 16.6. The number of carboxylic acids is 1. The van der Waals surface area contributed by atoms with Crippen molar-refractivity contribution < 1.29 is 24.0 Å². The van der Waals surface area contributed by atoms with Crippen LogP contribution in [0.3, 0.4) is 0 Å². The number of carbonyl (C=O) groups is 2. The number of aliphatic carboxylic acids is 1. The molecule has 8 nitrogen and oxygen atoms in total. The second-order valence-corrected chi connectivity index (χ2v) is 5.38. The minimum Gasteiger partial charge on any atom is -0.481 e. The second kappa shape index (κ2) is 5.72. The van der Waals surface area contributed by atoms with E-state index >= 15 is 0 Å². The fourth-order valence-electron chi connectivity index (χ4n) is 1.53. The summed E-state index contributed by atoms with van der Waals surface area (Å²) in [6.45, 7) is 5.35. The van der Waals surface area contributed by atoms with Crippen LogP contribution in [0.25, 0.3) is 0 Å². The Balaban J connectivity index is 2.84. The first-order chi connectivity index (χ1) is 9.11. The lowest BCUT2D eigenvalue weighted by atomic mass is 9.84. The smallest absolute Gasteiger partial charge is 0.433 e. The zero-order valence-corrected chi connectivity index (χ0v) is 11.4. The average Bonchev–Trinajstić information content (AvgIpc) is 2.75. The third-order valence-corrected chi connectivity index (χ3v) is 2.73. The Kier molecular flexibility index (Phi) is 4.49. The van der Waals surface area contributed by atoms with Crippen LogP contribution < -0.4 is 5.32 Å². The second-order valence-electron chi connectivity index (χ2n) is 5.38. The van der Waals surface area contributed by atoms with E-state index in [1.165, 1.54) is 6.07 Å². The molecule has 0 aliphatic carbocycles. The van der Waals surface area contributed by atoms with E-state index in [1.807, 2.05) is 0 Å². The summed E-state index contributed by atoms with van der Waals surface area (Å²) in [6.07, 6.45) is -0.252. The highest BCUT2D eigenvalue weighted by molar-refractivity contribution is 5.92. The number of hydrogen-bond acceptors (Lipinski definition) is 5. The number of nitrogens with one attached hydrogen (secondary N) is 1. The van der Waals surface area contributed by atoms with Gasteiger partial charge in [-0.3, -0.25) is 19.7 Å². The lowest BCUT2D eigenvalue weighted by Crippen LogP contribution is -2.44. The van der Waals surface area contributed by atoms with Crippen LogP contribution in [0.1, 0.15) is 37.7 Å². The largest absolute Gasteiger partial charge is 0.481 e. The number of rotatable bonds is 5. The van der Waals surface area contributed by atoms with Crippen molar-refractivity contribution in [1.29, 1.82) is 0 Å². The van der Waals surface area contributed by atoms with E-state index in [4.69, 9.17) is 9.52 Å². The lowest BCUT2D eigenvalue weighted by Gasteiger charge is -2.29. The maximum Gasteiger partial charge on any atom is 0.433 e. The van der Waals surface area contributed by atoms with E-state index < -0.39 is 34.1 Å². The number of amides is 1. The van der Waals surface area contributed by atoms with E-state index in [1.54, 1.807) is 20.8 Å². The monoisotopic (exact) mass is 284 g/mol. The van der Waals surface area contributed by atoms with Crippen molar-refractivity contribution in [2.24, 2.45) is 5.41 Å². The van der Waals surface area contributed by atoms with Crippen LogP contribution in [0.5, 0.6) is 0 Å². The van der Waals surface area contributed by atoms with E-state index in [0.717, 1.165) is 6.07 Å². The average molecular weight is 284 g/mol. The van der Waals surface area contributed by atoms with Gasteiger partial charge < -0.3 is 14.8 Å². The summed E-state index contributed by atoms with van der Waals surface area (Å²) in [7, 11) is 0. The summed E-state index contributed by atoms with van der Waals surface area (Å²) < 4.78 is 4.77. The van der Waals surface area contributed by atoms with Gasteiger partial charge in [0.1, 0.15) is 4.92 Å². The van der Waals surface area contributed by atoms with Gasteiger partial charge in [0.25, 0.3) is 5.91 Å². The van der Waals surface area contributed by atoms with Gasteiger partial charge in [0.2, 0.25) is 0 Å². The van der Waals surface area contributed by atoms with Crippen LogP contribution in [0, 0.1) is 15.5 Å². The molecule has 0 bridgehead atoms. The quantitative estimate of drug-likeness (QED) is 0.627. The summed E-state index contributed by atoms with van der Waals surface area (Å²) >= 11 is 0. The lowest BCUT2D eigenvalue weighted by molar-refractivity contribution is -0.402. The molecule has 0 aliphatic rings. The molecule has 0 fully saturated rings. The third kappa shape index (κ3) is 4.08. The molecule has 110 valence electrons. The van der Waals surface area contributed by atoms with Gasteiger partial charge in [-0.05, 0) is 11.5 Å². The highest BCUT2D eigenvalue weighted by Crippen LogP contribution is 2.23. The molecule has 1 atom stereocenters. The van der Waals surface area contributed by atoms with Crippen LogP contribution in [-0.2, 0) is 4.79 Å². The first-order valence-electron chi connectivity index (χ1n) is 5.88. The zero-order valence-electron chi connectivity index (χ0n) is 11.4. The van der Waals surface area contributed by atoms with E-state index in [9.17, 15) is 19.7 Å². The number of nitrogens with zero attached hydrogens (tertiary/aromatic N) is 1. The van der Waals surface area contributed by atoms with E-state index in [0.29, 0.717) is 0 Å². The maximum absolute atomic E-state index is 11.9. The number of carboxylic acid groups (broad SMARTS) is 1. The molecule has 0 saturated carbocycles. The normalized spacial score (nSPS) is 12.8. The van der Waals surface area contributed by atoms with Crippen molar-refractivity contribution in [2.45, 2.75) is 33.2 Å². The Morgan fingerprint density at radius 3 is 2.45 bits per heavy atom. The van der Waals surface area contributed by atoms with Gasteiger partial charge in [-0.1, -0.05) is 20.8 Å². The Bertz CT molecular complexity index is 528. The van der Waals surface area contributed by atoms with Crippen LogP contribution in [0.4, 0.5) is 5.88 Å². The summed E-state index contributed by atoms with van der Waals surface area (Å²) in [6, 6.07) is 1.61. The van der Waals surface area contributed by atoms with Gasteiger partial charge in [0, 0.05) is 6.04 Å². The summed E-state index contributed by atoms with van der Waals surface area (Å²) in [5, 5.41) is 21.8. The van der Waals surface area contributed by atoms with Crippen molar-refractivity contribution in [3.8, 4) is 0 Å². The van der Waals surface area contributed by atoms with Crippen molar-refractivity contribution >= 4 is 17.8 Å². The Morgan fingerprint density at radius 1 is 1.45 bits per heavy atom. The first-order valence-corrected chi connectivity index (χ1v) is 5.88. The number of furan rings is 1. The molecule has 8 heteroatoms.